The van der Waals surface area contributed by atoms with Gasteiger partial charge in [0.15, 0.2) is 5.69 Å². The number of pyridine rings is 1. The second-order valence-electron chi connectivity index (χ2n) is 4.05. The number of carbonyl (C=O) groups is 1. The lowest BCUT2D eigenvalue weighted by atomic mass is 10.1. The van der Waals surface area contributed by atoms with Crippen LogP contribution < -0.4 is 5.32 Å². The molecule has 0 bridgehead atoms. The zero-order chi connectivity index (χ0) is 13.1. The molecule has 1 heterocycles. The van der Waals surface area contributed by atoms with Crippen molar-refractivity contribution in [2.45, 2.75) is 13.0 Å². The van der Waals surface area contributed by atoms with E-state index in [4.69, 9.17) is 5.11 Å². The van der Waals surface area contributed by atoms with Crippen LogP contribution in [0.25, 0.3) is 10.9 Å². The first-order valence-electron chi connectivity index (χ1n) is 5.64. The third-order valence-electron chi connectivity index (χ3n) is 2.67. The average molecular weight is 242 g/mol. The van der Waals surface area contributed by atoms with Gasteiger partial charge < -0.3 is 10.4 Å². The zero-order valence-corrected chi connectivity index (χ0v) is 10.1. The Morgan fingerprint density at radius 1 is 1.50 bits per heavy atom. The Balaban J connectivity index is 2.60. The van der Waals surface area contributed by atoms with Gasteiger partial charge in [-0.25, -0.2) is 9.78 Å². The molecule has 1 aromatic heterocycles. The van der Waals surface area contributed by atoms with Crippen molar-refractivity contribution >= 4 is 22.6 Å². The Morgan fingerprint density at radius 2 is 2.22 bits per heavy atom. The van der Waals surface area contributed by atoms with Gasteiger partial charge in [0, 0.05) is 17.1 Å². The molecule has 0 aliphatic rings. The molecule has 0 radical (unpaired) electrons. The topological polar surface area (TPSA) is 62.2 Å². The van der Waals surface area contributed by atoms with Crippen LogP contribution in [0, 0.1) is 0 Å². The molecule has 0 spiro atoms. The summed E-state index contributed by atoms with van der Waals surface area (Å²) in [5.41, 5.74) is 1.45. The Kier molecular flexibility index (Phi) is 3.28. The van der Waals surface area contributed by atoms with Gasteiger partial charge >= 0.3 is 5.97 Å². The molecule has 2 N–H and O–H groups in total. The van der Waals surface area contributed by atoms with Gasteiger partial charge in [-0.15, -0.1) is 6.58 Å². The van der Waals surface area contributed by atoms with Gasteiger partial charge in [-0.1, -0.05) is 24.3 Å². The number of nitrogens with zero attached hydrogens (tertiary/aromatic N) is 1. The Morgan fingerprint density at radius 3 is 2.89 bits per heavy atom. The van der Waals surface area contributed by atoms with Crippen molar-refractivity contribution in [2.75, 3.05) is 5.32 Å². The number of fused-ring (bicyclic) bond motifs is 1. The molecule has 18 heavy (non-hydrogen) atoms. The summed E-state index contributed by atoms with van der Waals surface area (Å²) in [5, 5.41) is 13.2. The zero-order valence-electron chi connectivity index (χ0n) is 10.1. The number of nitrogens with one attached hydrogen (secondary N) is 1. The largest absolute Gasteiger partial charge is 0.477 e. The maximum atomic E-state index is 11.0. The summed E-state index contributed by atoms with van der Waals surface area (Å²) in [4.78, 5) is 15.1. The van der Waals surface area contributed by atoms with Crippen molar-refractivity contribution in [3.8, 4) is 0 Å². The fourth-order valence-electron chi connectivity index (χ4n) is 1.71. The van der Waals surface area contributed by atoms with Gasteiger partial charge in [0.2, 0.25) is 0 Å². The van der Waals surface area contributed by atoms with Gasteiger partial charge in [0.1, 0.15) is 0 Å². The van der Waals surface area contributed by atoms with Crippen LogP contribution in [0.2, 0.25) is 0 Å². The normalized spacial score (nSPS) is 12.1. The molecule has 4 nitrogen and oxygen atoms in total. The van der Waals surface area contributed by atoms with Crippen LogP contribution in [0.3, 0.4) is 0 Å². The van der Waals surface area contributed by atoms with E-state index >= 15 is 0 Å². The molecule has 1 aromatic carbocycles. The van der Waals surface area contributed by atoms with Crippen LogP contribution in [-0.2, 0) is 0 Å². The summed E-state index contributed by atoms with van der Waals surface area (Å²) in [6.45, 7) is 5.65. The summed E-state index contributed by atoms with van der Waals surface area (Å²) in [7, 11) is 0. The van der Waals surface area contributed by atoms with E-state index in [-0.39, 0.29) is 11.7 Å². The van der Waals surface area contributed by atoms with E-state index in [9.17, 15) is 4.79 Å². The number of benzene rings is 1. The molecule has 0 aliphatic carbocycles. The highest BCUT2D eigenvalue weighted by atomic mass is 16.4. The fourth-order valence-corrected chi connectivity index (χ4v) is 1.71. The molecule has 0 aliphatic heterocycles. The number of hydrogen-bond acceptors (Lipinski definition) is 3. The Labute approximate surface area is 105 Å². The predicted octanol–water partition coefficient (Wildman–Crippen LogP) is 2.92. The Bertz CT molecular complexity index is 608. The number of para-hydroxylation sites is 1. The molecule has 2 aromatic rings. The molecule has 1 unspecified atom stereocenters. The number of aromatic carboxylic acids is 1. The lowest BCUT2D eigenvalue weighted by molar-refractivity contribution is 0.0691. The van der Waals surface area contributed by atoms with E-state index in [1.165, 1.54) is 0 Å². The van der Waals surface area contributed by atoms with Crippen LogP contribution in [0.15, 0.2) is 43.0 Å². The van der Waals surface area contributed by atoms with Gasteiger partial charge in [-0.2, -0.15) is 0 Å². The maximum absolute atomic E-state index is 11.0. The maximum Gasteiger partial charge on any atom is 0.354 e. The molecule has 4 heteroatoms. The molecule has 0 saturated heterocycles. The monoisotopic (exact) mass is 242 g/mol. The molecule has 2 rings (SSSR count). The molecule has 92 valence electrons. The molecule has 1 atom stereocenters. The quantitative estimate of drug-likeness (QED) is 0.809. The van der Waals surface area contributed by atoms with Gasteiger partial charge in [-0.3, -0.25) is 0 Å². The first-order chi connectivity index (χ1) is 8.61. The number of carboxylic acids is 1. The predicted molar refractivity (Wildman–Crippen MR) is 72.0 cm³/mol. The summed E-state index contributed by atoms with van der Waals surface area (Å²) in [5.74, 6) is -1.03. The number of carboxylic acid groups (broad SMARTS) is 1. The van der Waals surface area contributed by atoms with E-state index < -0.39 is 5.97 Å². The van der Waals surface area contributed by atoms with E-state index in [1.807, 2.05) is 25.1 Å². The lowest BCUT2D eigenvalue weighted by Crippen LogP contribution is -2.13. The van der Waals surface area contributed by atoms with E-state index in [0.717, 1.165) is 11.1 Å². The minimum absolute atomic E-state index is 0.0347. The van der Waals surface area contributed by atoms with Crippen LogP contribution in [0.1, 0.15) is 17.4 Å². The van der Waals surface area contributed by atoms with Crippen molar-refractivity contribution in [3.05, 3.63) is 48.7 Å². The molecule has 0 saturated carbocycles. The first-order valence-corrected chi connectivity index (χ1v) is 5.64. The SMILES string of the molecule is C=CC(C)Nc1cc(C(=O)O)nc2ccccc12. The third-order valence-corrected chi connectivity index (χ3v) is 2.67. The summed E-state index contributed by atoms with van der Waals surface area (Å²) >= 11 is 0. The second-order valence-corrected chi connectivity index (χ2v) is 4.05. The second kappa shape index (κ2) is 4.87. The minimum atomic E-state index is -1.03. The van der Waals surface area contributed by atoms with Crippen molar-refractivity contribution in [2.24, 2.45) is 0 Å². The van der Waals surface area contributed by atoms with E-state index in [0.29, 0.717) is 5.52 Å². The average Bonchev–Trinajstić information content (AvgIpc) is 2.38. The molecule has 0 amide bonds. The lowest BCUT2D eigenvalue weighted by Gasteiger charge is -2.13. The van der Waals surface area contributed by atoms with Gasteiger partial charge in [-0.05, 0) is 19.1 Å². The van der Waals surface area contributed by atoms with Crippen LogP contribution in [0.5, 0.6) is 0 Å². The summed E-state index contributed by atoms with van der Waals surface area (Å²) in [6.07, 6.45) is 1.76. The van der Waals surface area contributed by atoms with Crippen LogP contribution in [0.4, 0.5) is 5.69 Å². The van der Waals surface area contributed by atoms with Gasteiger partial charge in [0.25, 0.3) is 0 Å². The molecule has 0 fully saturated rings. The summed E-state index contributed by atoms with van der Waals surface area (Å²) in [6, 6.07) is 9.04. The molecular formula is C14H14N2O2. The van der Waals surface area contributed by atoms with Gasteiger partial charge in [0.05, 0.1) is 5.52 Å². The summed E-state index contributed by atoms with van der Waals surface area (Å²) < 4.78 is 0. The number of rotatable bonds is 4. The molecular weight excluding hydrogens is 228 g/mol. The highest BCUT2D eigenvalue weighted by molar-refractivity contribution is 5.97. The highest BCUT2D eigenvalue weighted by Gasteiger charge is 2.11. The number of hydrogen-bond donors (Lipinski definition) is 2. The van der Waals surface area contributed by atoms with Crippen molar-refractivity contribution in [1.29, 1.82) is 0 Å². The third kappa shape index (κ3) is 2.32. The number of aromatic nitrogens is 1. The smallest absolute Gasteiger partial charge is 0.354 e. The highest BCUT2D eigenvalue weighted by Crippen LogP contribution is 2.23. The minimum Gasteiger partial charge on any atom is -0.477 e. The van der Waals surface area contributed by atoms with Crippen molar-refractivity contribution < 1.29 is 9.90 Å². The van der Waals surface area contributed by atoms with E-state index in [1.54, 1.807) is 18.2 Å². The van der Waals surface area contributed by atoms with Crippen LogP contribution >= 0.6 is 0 Å². The fraction of sp³-hybridized carbons (Fsp3) is 0.143. The Hall–Kier alpha value is -2.36. The van der Waals surface area contributed by atoms with Crippen molar-refractivity contribution in [3.63, 3.8) is 0 Å². The van der Waals surface area contributed by atoms with Crippen LogP contribution in [-0.4, -0.2) is 22.1 Å². The van der Waals surface area contributed by atoms with Crippen molar-refractivity contribution in [1.82, 2.24) is 4.98 Å². The number of anilines is 1. The standard InChI is InChI=1S/C14H14N2O2/c1-3-9(2)15-12-8-13(14(17)18)16-11-7-5-4-6-10(11)12/h3-9H,1H2,2H3,(H,15,16)(H,17,18). The first kappa shape index (κ1) is 12.1. The van der Waals surface area contributed by atoms with E-state index in [2.05, 4.69) is 16.9 Å².